The van der Waals surface area contributed by atoms with Gasteiger partial charge in [-0.2, -0.15) is 9.61 Å². The Kier molecular flexibility index (Phi) is 5.76. The van der Waals surface area contributed by atoms with E-state index in [-0.39, 0.29) is 11.0 Å². The molecule has 29 heavy (non-hydrogen) atoms. The molecule has 2 heterocycles. The number of anilines is 1. The van der Waals surface area contributed by atoms with Crippen LogP contribution in [0.2, 0.25) is 5.02 Å². The van der Waals surface area contributed by atoms with Crippen LogP contribution in [-0.2, 0) is 0 Å². The highest BCUT2D eigenvalue weighted by Gasteiger charge is 2.16. The summed E-state index contributed by atoms with van der Waals surface area (Å²) in [6.45, 7) is 1.84. The highest BCUT2D eigenvalue weighted by atomic mass is 127. The molecule has 0 saturated heterocycles. The normalized spacial score (nSPS) is 10.9. The number of fused-ring (bicyclic) bond motifs is 1. The van der Waals surface area contributed by atoms with Crippen LogP contribution in [0.5, 0.6) is 0 Å². The minimum Gasteiger partial charge on any atom is -0.332 e. The minimum absolute atomic E-state index is 0.163. The largest absolute Gasteiger partial charge is 0.332 e. The Morgan fingerprint density at radius 3 is 2.83 bits per heavy atom. The zero-order chi connectivity index (χ0) is 20.5. The molecule has 11 heteroatoms. The van der Waals surface area contributed by atoms with Crippen LogP contribution in [0.3, 0.4) is 0 Å². The lowest BCUT2D eigenvalue weighted by atomic mass is 10.2. The molecule has 0 aliphatic heterocycles. The molecule has 2 aromatic carbocycles. The topological polar surface area (TPSA) is 84.2 Å². The van der Waals surface area contributed by atoms with E-state index in [1.54, 1.807) is 16.6 Å². The second-order valence-electron chi connectivity index (χ2n) is 5.93. The third-order valence-corrected chi connectivity index (χ3v) is 6.09. The number of amides is 1. The molecule has 0 bridgehead atoms. The third-order valence-electron chi connectivity index (χ3n) is 3.95. The molecule has 1 amide bonds. The van der Waals surface area contributed by atoms with Crippen LogP contribution in [0.1, 0.15) is 16.2 Å². The first-order valence-corrected chi connectivity index (χ1v) is 11.0. The van der Waals surface area contributed by atoms with Gasteiger partial charge in [0.1, 0.15) is 5.01 Å². The Labute approximate surface area is 193 Å². The predicted molar refractivity (Wildman–Crippen MR) is 127 cm³/mol. The average molecular weight is 555 g/mol. The number of carbonyl (C=O) groups excluding carboxylic acids is 1. The Balaban J connectivity index is 1.56. The molecule has 2 N–H and O–H groups in total. The molecule has 0 fully saturated rings. The van der Waals surface area contributed by atoms with Gasteiger partial charge >= 0.3 is 0 Å². The van der Waals surface area contributed by atoms with Gasteiger partial charge in [0.2, 0.25) is 4.96 Å². The maximum Gasteiger partial charge on any atom is 0.258 e. The number of benzene rings is 2. The molecule has 0 spiro atoms. The van der Waals surface area contributed by atoms with Crippen LogP contribution in [0, 0.1) is 10.5 Å². The summed E-state index contributed by atoms with van der Waals surface area (Å²) in [5.41, 5.74) is 1.92. The van der Waals surface area contributed by atoms with Gasteiger partial charge in [0, 0.05) is 9.13 Å². The number of aryl methyl sites for hydroxylation is 1. The van der Waals surface area contributed by atoms with Gasteiger partial charge in [0.15, 0.2) is 10.9 Å². The Morgan fingerprint density at radius 2 is 2.03 bits per heavy atom. The van der Waals surface area contributed by atoms with Crippen LogP contribution >= 0.6 is 57.7 Å². The smallest absolute Gasteiger partial charge is 0.258 e. The number of thiocarbonyl (C=S) groups is 1. The Hall–Kier alpha value is -2.15. The van der Waals surface area contributed by atoms with E-state index in [2.05, 4.69) is 48.5 Å². The van der Waals surface area contributed by atoms with Crippen molar-refractivity contribution >= 4 is 79.4 Å². The lowest BCUT2D eigenvalue weighted by Gasteiger charge is -2.13. The number of nitrogens with zero attached hydrogens (tertiary/aromatic N) is 4. The van der Waals surface area contributed by atoms with E-state index in [9.17, 15) is 4.79 Å². The summed E-state index contributed by atoms with van der Waals surface area (Å²) in [7, 11) is 0. The minimum atomic E-state index is -0.377. The van der Waals surface area contributed by atoms with Crippen molar-refractivity contribution < 1.29 is 4.79 Å². The predicted octanol–water partition coefficient (Wildman–Crippen LogP) is 4.55. The van der Waals surface area contributed by atoms with Crippen LogP contribution in [0.25, 0.3) is 15.5 Å². The first-order valence-electron chi connectivity index (χ1n) is 8.28. The van der Waals surface area contributed by atoms with Gasteiger partial charge in [-0.1, -0.05) is 35.1 Å². The molecular formula is C18H12ClIN6OS2. The van der Waals surface area contributed by atoms with Gasteiger partial charge in [-0.25, -0.2) is 0 Å². The van der Waals surface area contributed by atoms with Gasteiger partial charge in [0.05, 0.1) is 16.3 Å². The first kappa shape index (κ1) is 20.1. The van der Waals surface area contributed by atoms with E-state index in [0.717, 1.165) is 14.1 Å². The zero-order valence-electron chi connectivity index (χ0n) is 14.8. The molecular weight excluding hydrogens is 543 g/mol. The van der Waals surface area contributed by atoms with Crippen molar-refractivity contribution in [2.45, 2.75) is 6.92 Å². The maximum atomic E-state index is 12.5. The number of rotatable bonds is 3. The summed E-state index contributed by atoms with van der Waals surface area (Å²) in [6.07, 6.45) is 0. The third kappa shape index (κ3) is 4.25. The highest BCUT2D eigenvalue weighted by molar-refractivity contribution is 14.1. The molecule has 146 valence electrons. The van der Waals surface area contributed by atoms with Crippen LogP contribution in [0.4, 0.5) is 5.69 Å². The Bertz CT molecular complexity index is 1250. The molecule has 0 saturated carbocycles. The fraction of sp³-hybridized carbons (Fsp3) is 0.0556. The fourth-order valence-electron chi connectivity index (χ4n) is 2.60. The second kappa shape index (κ2) is 8.30. The summed E-state index contributed by atoms with van der Waals surface area (Å²) in [6, 6.07) is 12.8. The number of halogens is 2. The molecule has 4 rings (SSSR count). The summed E-state index contributed by atoms with van der Waals surface area (Å²) in [5.74, 6) is 0.336. The van der Waals surface area contributed by atoms with Crippen molar-refractivity contribution in [1.82, 2.24) is 25.1 Å². The molecule has 0 aliphatic carbocycles. The van der Waals surface area contributed by atoms with E-state index in [1.807, 2.05) is 37.3 Å². The van der Waals surface area contributed by atoms with E-state index < -0.39 is 0 Å². The van der Waals surface area contributed by atoms with Crippen molar-refractivity contribution in [3.8, 4) is 10.6 Å². The van der Waals surface area contributed by atoms with Gasteiger partial charge < -0.3 is 5.32 Å². The molecule has 4 aromatic rings. The summed E-state index contributed by atoms with van der Waals surface area (Å²) >= 11 is 15.0. The zero-order valence-corrected chi connectivity index (χ0v) is 19.4. The summed E-state index contributed by atoms with van der Waals surface area (Å²) < 4.78 is 2.59. The number of para-hydroxylation sites is 1. The van der Waals surface area contributed by atoms with E-state index in [4.69, 9.17) is 23.8 Å². The summed E-state index contributed by atoms with van der Waals surface area (Å²) in [4.78, 5) is 13.2. The lowest BCUT2D eigenvalue weighted by Crippen LogP contribution is -2.34. The standard InChI is InChI=1S/C18H12ClIN6OS2/c1-9-23-24-18-26(9)25-16(29-18)11-4-2-3-5-14(11)21-17(28)22-15(27)12-8-10(20)6-7-13(12)19/h2-8H,1H3,(H2,21,22,27,28). The van der Waals surface area contributed by atoms with Crippen molar-refractivity contribution in [3.63, 3.8) is 0 Å². The van der Waals surface area contributed by atoms with Crippen molar-refractivity contribution in [2.75, 3.05) is 5.32 Å². The molecule has 0 unspecified atom stereocenters. The van der Waals surface area contributed by atoms with E-state index >= 15 is 0 Å². The Morgan fingerprint density at radius 1 is 1.24 bits per heavy atom. The molecule has 0 aliphatic rings. The average Bonchev–Trinajstić information content (AvgIpc) is 3.26. The van der Waals surface area contributed by atoms with Gasteiger partial charge in [-0.3, -0.25) is 10.1 Å². The van der Waals surface area contributed by atoms with Crippen molar-refractivity contribution in [1.29, 1.82) is 0 Å². The quantitative estimate of drug-likeness (QED) is 0.286. The number of hydrogen-bond donors (Lipinski definition) is 2. The second-order valence-corrected chi connectivity index (χ2v) is 8.94. The molecule has 2 aromatic heterocycles. The van der Waals surface area contributed by atoms with Crippen LogP contribution < -0.4 is 10.6 Å². The van der Waals surface area contributed by atoms with Gasteiger partial charge in [0.25, 0.3) is 5.91 Å². The van der Waals surface area contributed by atoms with E-state index in [1.165, 1.54) is 11.3 Å². The lowest BCUT2D eigenvalue weighted by molar-refractivity contribution is 0.0978. The first-order chi connectivity index (χ1) is 13.9. The van der Waals surface area contributed by atoms with Crippen LogP contribution in [-0.4, -0.2) is 30.8 Å². The number of nitrogens with one attached hydrogen (secondary N) is 2. The molecule has 7 nitrogen and oxygen atoms in total. The number of carbonyl (C=O) groups is 1. The maximum absolute atomic E-state index is 12.5. The van der Waals surface area contributed by atoms with Crippen molar-refractivity contribution in [2.24, 2.45) is 0 Å². The van der Waals surface area contributed by atoms with Gasteiger partial charge in [-0.05, 0) is 72.1 Å². The monoisotopic (exact) mass is 554 g/mol. The number of aromatic nitrogens is 4. The van der Waals surface area contributed by atoms with Crippen molar-refractivity contribution in [3.05, 3.63) is 62.4 Å². The highest BCUT2D eigenvalue weighted by Crippen LogP contribution is 2.31. The summed E-state index contributed by atoms with van der Waals surface area (Å²) in [5, 5.41) is 19.7. The fourth-order valence-corrected chi connectivity index (χ4v) is 4.42. The van der Waals surface area contributed by atoms with Gasteiger partial charge in [-0.15, -0.1) is 10.2 Å². The number of hydrogen-bond acceptors (Lipinski definition) is 6. The van der Waals surface area contributed by atoms with Crippen LogP contribution in [0.15, 0.2) is 42.5 Å². The molecule has 0 atom stereocenters. The van der Waals surface area contributed by atoms with E-state index in [0.29, 0.717) is 27.1 Å². The molecule has 0 radical (unpaired) electrons. The SMILES string of the molecule is Cc1nnc2sc(-c3ccccc3NC(=S)NC(=O)c3cc(I)ccc3Cl)nn12.